The molecule has 0 bridgehead atoms. The van der Waals surface area contributed by atoms with Crippen LogP contribution in [0.15, 0.2) is 156 Å². The molecule has 7 rings (SSSR count). The lowest BCUT2D eigenvalue weighted by atomic mass is 10.0. The molecule has 180 valence electrons. The summed E-state index contributed by atoms with van der Waals surface area (Å²) in [5.41, 5.74) is 9.85. The standard InChI is InChI=1S/C36H25NO/c1-3-10-26(11-4-1)27-18-21-31(22-19-27)37(30-13-5-2-6-14-30)32-15-9-12-28(24-32)29-20-23-34-33-16-7-8-17-35(33)38-36(34)25-29/h1-25H. The fourth-order valence-electron chi connectivity index (χ4n) is 5.19. The minimum absolute atomic E-state index is 0.908. The highest BCUT2D eigenvalue weighted by Crippen LogP contribution is 2.38. The normalized spacial score (nSPS) is 11.2. The zero-order valence-electron chi connectivity index (χ0n) is 20.8. The van der Waals surface area contributed by atoms with Gasteiger partial charge in [0.1, 0.15) is 11.2 Å². The minimum Gasteiger partial charge on any atom is -0.456 e. The molecule has 0 amide bonds. The van der Waals surface area contributed by atoms with E-state index >= 15 is 0 Å². The average molecular weight is 488 g/mol. The molecule has 1 heterocycles. The van der Waals surface area contributed by atoms with Crippen molar-refractivity contribution in [2.75, 3.05) is 4.90 Å². The fraction of sp³-hybridized carbons (Fsp3) is 0. The van der Waals surface area contributed by atoms with Crippen LogP contribution in [0, 0.1) is 0 Å². The van der Waals surface area contributed by atoms with E-state index in [2.05, 4.69) is 138 Å². The molecule has 6 aromatic carbocycles. The van der Waals surface area contributed by atoms with Crippen molar-refractivity contribution in [1.82, 2.24) is 0 Å². The molecule has 38 heavy (non-hydrogen) atoms. The van der Waals surface area contributed by atoms with Gasteiger partial charge in [0, 0.05) is 27.8 Å². The Bertz CT molecular complexity index is 1850. The maximum Gasteiger partial charge on any atom is 0.136 e. The molecule has 0 unspecified atom stereocenters. The number of anilines is 3. The zero-order chi connectivity index (χ0) is 25.3. The molecule has 0 aliphatic carbocycles. The van der Waals surface area contributed by atoms with E-state index in [4.69, 9.17) is 4.42 Å². The highest BCUT2D eigenvalue weighted by molar-refractivity contribution is 6.05. The van der Waals surface area contributed by atoms with Crippen LogP contribution in [0.25, 0.3) is 44.2 Å². The molecule has 0 spiro atoms. The molecule has 0 saturated carbocycles. The lowest BCUT2D eigenvalue weighted by molar-refractivity contribution is 0.669. The van der Waals surface area contributed by atoms with Crippen molar-refractivity contribution in [3.8, 4) is 22.3 Å². The molecule has 7 aromatic rings. The van der Waals surface area contributed by atoms with E-state index in [1.165, 1.54) is 11.1 Å². The number of benzene rings is 6. The molecule has 0 fully saturated rings. The quantitative estimate of drug-likeness (QED) is 0.240. The molecule has 0 aliphatic heterocycles. The molecule has 1 aromatic heterocycles. The van der Waals surface area contributed by atoms with E-state index in [0.29, 0.717) is 0 Å². The first-order chi connectivity index (χ1) is 18.8. The number of nitrogens with zero attached hydrogens (tertiary/aromatic N) is 1. The number of furan rings is 1. The van der Waals surface area contributed by atoms with E-state index in [9.17, 15) is 0 Å². The molecular weight excluding hydrogens is 462 g/mol. The van der Waals surface area contributed by atoms with E-state index in [-0.39, 0.29) is 0 Å². The Kier molecular flexibility index (Phi) is 5.49. The predicted octanol–water partition coefficient (Wildman–Crippen LogP) is 10.4. The van der Waals surface area contributed by atoms with Gasteiger partial charge in [0.25, 0.3) is 0 Å². The maximum atomic E-state index is 6.17. The number of hydrogen-bond acceptors (Lipinski definition) is 2. The van der Waals surface area contributed by atoms with Crippen molar-refractivity contribution in [2.24, 2.45) is 0 Å². The second-order valence-corrected chi connectivity index (χ2v) is 9.44. The molecule has 2 heteroatoms. The Hall–Kier alpha value is -5.08. The summed E-state index contributed by atoms with van der Waals surface area (Å²) in [5, 5.41) is 2.29. The first kappa shape index (κ1) is 22.1. The van der Waals surface area contributed by atoms with Crippen molar-refractivity contribution >= 4 is 39.0 Å². The number of hydrogen-bond donors (Lipinski definition) is 0. The van der Waals surface area contributed by atoms with Gasteiger partial charge in [0.05, 0.1) is 0 Å². The number of rotatable bonds is 5. The molecular formula is C36H25NO. The van der Waals surface area contributed by atoms with E-state index < -0.39 is 0 Å². The second-order valence-electron chi connectivity index (χ2n) is 9.44. The van der Waals surface area contributed by atoms with Crippen LogP contribution in [0.5, 0.6) is 0 Å². The van der Waals surface area contributed by atoms with Gasteiger partial charge in [-0.05, 0) is 76.9 Å². The largest absolute Gasteiger partial charge is 0.456 e. The number of fused-ring (bicyclic) bond motifs is 3. The van der Waals surface area contributed by atoms with Crippen LogP contribution in [0.2, 0.25) is 0 Å². The first-order valence-electron chi connectivity index (χ1n) is 12.9. The summed E-state index contributed by atoms with van der Waals surface area (Å²) in [4.78, 5) is 2.30. The van der Waals surface area contributed by atoms with Crippen molar-refractivity contribution in [3.63, 3.8) is 0 Å². The van der Waals surface area contributed by atoms with Gasteiger partial charge in [-0.15, -0.1) is 0 Å². The number of para-hydroxylation sites is 2. The van der Waals surface area contributed by atoms with Gasteiger partial charge in [-0.1, -0.05) is 97.1 Å². The highest BCUT2D eigenvalue weighted by Gasteiger charge is 2.14. The summed E-state index contributed by atoms with van der Waals surface area (Å²) in [6.45, 7) is 0. The van der Waals surface area contributed by atoms with Crippen molar-refractivity contribution in [2.45, 2.75) is 0 Å². The summed E-state index contributed by atoms with van der Waals surface area (Å²) in [6, 6.07) is 53.2. The van der Waals surface area contributed by atoms with Crippen molar-refractivity contribution in [3.05, 3.63) is 152 Å². The van der Waals surface area contributed by atoms with Gasteiger partial charge in [0.15, 0.2) is 0 Å². The summed E-state index contributed by atoms with van der Waals surface area (Å²) in [5.74, 6) is 0. The van der Waals surface area contributed by atoms with E-state index in [1.807, 2.05) is 18.2 Å². The Labute approximate surface area is 222 Å². The van der Waals surface area contributed by atoms with Crippen LogP contribution < -0.4 is 4.90 Å². The molecule has 0 aliphatic rings. The fourth-order valence-corrected chi connectivity index (χ4v) is 5.19. The van der Waals surface area contributed by atoms with Crippen LogP contribution >= 0.6 is 0 Å². The Morgan fingerprint density at radius 1 is 0.342 bits per heavy atom. The van der Waals surface area contributed by atoms with Gasteiger partial charge in [-0.25, -0.2) is 0 Å². The zero-order valence-corrected chi connectivity index (χ0v) is 20.8. The van der Waals surface area contributed by atoms with Crippen LogP contribution in [0.4, 0.5) is 17.1 Å². The second kappa shape index (κ2) is 9.42. The van der Waals surface area contributed by atoms with Gasteiger partial charge in [0.2, 0.25) is 0 Å². The third-order valence-corrected chi connectivity index (χ3v) is 7.06. The smallest absolute Gasteiger partial charge is 0.136 e. The summed E-state index contributed by atoms with van der Waals surface area (Å²) in [7, 11) is 0. The Balaban J connectivity index is 1.30. The third kappa shape index (κ3) is 4.03. The van der Waals surface area contributed by atoms with E-state index in [1.54, 1.807) is 0 Å². The summed E-state index contributed by atoms with van der Waals surface area (Å²) in [6.07, 6.45) is 0. The molecule has 0 atom stereocenters. The van der Waals surface area contributed by atoms with Gasteiger partial charge in [-0.2, -0.15) is 0 Å². The summed E-state index contributed by atoms with van der Waals surface area (Å²) < 4.78 is 6.17. The molecule has 2 nitrogen and oxygen atoms in total. The highest BCUT2D eigenvalue weighted by atomic mass is 16.3. The SMILES string of the molecule is c1ccc(-c2ccc(N(c3ccccc3)c3cccc(-c4ccc5c(c4)oc4ccccc45)c3)cc2)cc1. The first-order valence-corrected chi connectivity index (χ1v) is 12.9. The lowest BCUT2D eigenvalue weighted by Crippen LogP contribution is -2.09. The van der Waals surface area contributed by atoms with Gasteiger partial charge in [-0.3, -0.25) is 0 Å². The minimum atomic E-state index is 0.908. The maximum absolute atomic E-state index is 6.17. The van der Waals surface area contributed by atoms with Gasteiger partial charge >= 0.3 is 0 Å². The van der Waals surface area contributed by atoms with Crippen LogP contribution in [0.3, 0.4) is 0 Å². The van der Waals surface area contributed by atoms with Crippen LogP contribution in [-0.4, -0.2) is 0 Å². The summed E-state index contributed by atoms with van der Waals surface area (Å²) >= 11 is 0. The van der Waals surface area contributed by atoms with E-state index in [0.717, 1.165) is 50.1 Å². The van der Waals surface area contributed by atoms with Crippen molar-refractivity contribution in [1.29, 1.82) is 0 Å². The lowest BCUT2D eigenvalue weighted by Gasteiger charge is -2.26. The Morgan fingerprint density at radius 3 is 1.71 bits per heavy atom. The molecule has 0 radical (unpaired) electrons. The average Bonchev–Trinajstić information content (AvgIpc) is 3.37. The van der Waals surface area contributed by atoms with Gasteiger partial charge < -0.3 is 9.32 Å². The topological polar surface area (TPSA) is 16.4 Å². The third-order valence-electron chi connectivity index (χ3n) is 7.06. The molecule has 0 saturated heterocycles. The van der Waals surface area contributed by atoms with Crippen molar-refractivity contribution < 1.29 is 4.42 Å². The predicted molar refractivity (Wildman–Crippen MR) is 159 cm³/mol. The molecule has 0 N–H and O–H groups in total. The Morgan fingerprint density at radius 2 is 0.895 bits per heavy atom. The monoisotopic (exact) mass is 487 g/mol. The van der Waals surface area contributed by atoms with Crippen LogP contribution in [-0.2, 0) is 0 Å². The van der Waals surface area contributed by atoms with Crippen LogP contribution in [0.1, 0.15) is 0 Å².